The van der Waals surface area contributed by atoms with E-state index < -0.39 is 23.5 Å². The fourth-order valence-corrected chi connectivity index (χ4v) is 4.00. The number of fused-ring (bicyclic) bond motifs is 1. The molecule has 2 aromatic heterocycles. The molecule has 1 unspecified atom stereocenters. The molecule has 2 N–H and O–H groups in total. The van der Waals surface area contributed by atoms with E-state index in [1.54, 1.807) is 36.4 Å². The minimum absolute atomic E-state index is 0.159. The van der Waals surface area contributed by atoms with Crippen molar-refractivity contribution in [2.24, 2.45) is 0 Å². The number of nitrogens with zero attached hydrogens (tertiary/aromatic N) is 2. The number of aliphatic hydroxyl groups is 1. The normalized spacial score (nSPS) is 17.9. The Morgan fingerprint density at radius 3 is 2.72 bits per heavy atom. The van der Waals surface area contributed by atoms with Gasteiger partial charge in [0, 0.05) is 5.02 Å². The lowest BCUT2D eigenvalue weighted by molar-refractivity contribution is -0.132. The van der Waals surface area contributed by atoms with Gasteiger partial charge in [-0.15, -0.1) is 0 Å². The van der Waals surface area contributed by atoms with Crippen LogP contribution in [0.15, 0.2) is 70.9 Å². The number of carbonyl (C=O) groups is 2. The third-order valence-corrected chi connectivity index (χ3v) is 5.51. The molecule has 8 nitrogen and oxygen atoms in total. The maximum Gasteiger partial charge on any atom is 0.302 e. The number of hydrogen-bond acceptors (Lipinski definition) is 6. The van der Waals surface area contributed by atoms with Crippen molar-refractivity contribution in [2.45, 2.75) is 6.04 Å². The second-order valence-electron chi connectivity index (χ2n) is 7.11. The highest BCUT2D eigenvalue weighted by Crippen LogP contribution is 2.43. The molecule has 1 fully saturated rings. The van der Waals surface area contributed by atoms with Crippen LogP contribution in [0.3, 0.4) is 0 Å². The van der Waals surface area contributed by atoms with Crippen LogP contribution >= 0.6 is 11.6 Å². The van der Waals surface area contributed by atoms with E-state index in [1.165, 1.54) is 24.3 Å². The Hall–Kier alpha value is -4.04. The van der Waals surface area contributed by atoms with E-state index in [9.17, 15) is 14.7 Å². The molecule has 0 spiro atoms. The van der Waals surface area contributed by atoms with Crippen molar-refractivity contribution >= 4 is 46.0 Å². The molecule has 2 aromatic carbocycles. The molecule has 0 aliphatic carbocycles. The molecule has 1 aliphatic rings. The van der Waals surface area contributed by atoms with E-state index in [0.717, 1.165) is 0 Å². The van der Waals surface area contributed by atoms with Crippen molar-refractivity contribution in [3.05, 3.63) is 82.8 Å². The number of ether oxygens (including phenoxy) is 1. The summed E-state index contributed by atoms with van der Waals surface area (Å²) in [5.41, 5.74) is 1.34. The van der Waals surface area contributed by atoms with Gasteiger partial charge in [-0.05, 0) is 42.5 Å². The van der Waals surface area contributed by atoms with Crippen LogP contribution < -0.4 is 9.64 Å². The fourth-order valence-electron chi connectivity index (χ4n) is 3.83. The van der Waals surface area contributed by atoms with Crippen molar-refractivity contribution in [3.8, 4) is 5.75 Å². The molecule has 1 saturated heterocycles. The van der Waals surface area contributed by atoms with Crippen molar-refractivity contribution in [1.29, 1.82) is 0 Å². The van der Waals surface area contributed by atoms with Gasteiger partial charge in [-0.1, -0.05) is 23.7 Å². The Kier molecular flexibility index (Phi) is 4.71. The number of aromatic nitrogens is 2. The number of hydrogen-bond donors (Lipinski definition) is 2. The lowest BCUT2D eigenvalue weighted by Crippen LogP contribution is -2.30. The molecule has 0 radical (unpaired) electrons. The summed E-state index contributed by atoms with van der Waals surface area (Å²) in [7, 11) is 1.43. The van der Waals surface area contributed by atoms with Crippen LogP contribution in [0.4, 0.5) is 5.95 Å². The molecule has 0 bridgehead atoms. The van der Waals surface area contributed by atoms with Gasteiger partial charge >= 0.3 is 5.91 Å². The number of aliphatic hydroxyl groups excluding tert-OH is 1. The zero-order valence-corrected chi connectivity index (χ0v) is 17.5. The number of rotatable bonds is 4. The predicted octanol–water partition coefficient (Wildman–Crippen LogP) is 4.44. The Labute approximate surface area is 186 Å². The van der Waals surface area contributed by atoms with Crippen molar-refractivity contribution < 1.29 is 23.8 Å². The van der Waals surface area contributed by atoms with Crippen LogP contribution in [-0.2, 0) is 9.59 Å². The van der Waals surface area contributed by atoms with Crippen LogP contribution in [0.5, 0.6) is 5.75 Å². The van der Waals surface area contributed by atoms with Crippen LogP contribution in [0.1, 0.15) is 17.4 Å². The summed E-state index contributed by atoms with van der Waals surface area (Å²) in [6.45, 7) is 0. The number of carbonyl (C=O) groups excluding carboxylic acids is 2. The molecule has 32 heavy (non-hydrogen) atoms. The van der Waals surface area contributed by atoms with Gasteiger partial charge in [-0.2, -0.15) is 0 Å². The maximum absolute atomic E-state index is 13.1. The number of anilines is 1. The van der Waals surface area contributed by atoms with Gasteiger partial charge in [0.15, 0.2) is 0 Å². The Bertz CT molecular complexity index is 1360. The summed E-state index contributed by atoms with van der Waals surface area (Å²) < 4.78 is 10.9. The first-order valence-corrected chi connectivity index (χ1v) is 10.0. The summed E-state index contributed by atoms with van der Waals surface area (Å²) in [5, 5.41) is 11.5. The molecule has 5 rings (SSSR count). The zero-order chi connectivity index (χ0) is 22.4. The smallest absolute Gasteiger partial charge is 0.302 e. The van der Waals surface area contributed by atoms with E-state index in [0.29, 0.717) is 21.8 Å². The van der Waals surface area contributed by atoms with Crippen LogP contribution in [0, 0.1) is 0 Å². The molecule has 1 amide bonds. The molecule has 9 heteroatoms. The molecule has 0 saturated carbocycles. The topological polar surface area (TPSA) is 109 Å². The lowest BCUT2D eigenvalue weighted by atomic mass is 9.99. The first kappa shape index (κ1) is 19.9. The number of benzene rings is 2. The average Bonchev–Trinajstić information content (AvgIpc) is 3.52. The Morgan fingerprint density at radius 1 is 1.19 bits per heavy atom. The molecule has 1 atom stereocenters. The highest BCUT2D eigenvalue weighted by Gasteiger charge is 2.49. The minimum atomic E-state index is -1.05. The number of nitrogens with one attached hydrogen (secondary N) is 1. The fraction of sp³-hybridized carbons (Fsp3) is 0.0870. The second kappa shape index (κ2) is 7.58. The van der Waals surface area contributed by atoms with Crippen molar-refractivity contribution in [1.82, 2.24) is 9.97 Å². The first-order chi connectivity index (χ1) is 15.5. The van der Waals surface area contributed by atoms with Gasteiger partial charge in [0.1, 0.15) is 23.3 Å². The molecule has 4 aromatic rings. The lowest BCUT2D eigenvalue weighted by Gasteiger charge is -2.21. The summed E-state index contributed by atoms with van der Waals surface area (Å²) in [5.74, 6) is -1.43. The maximum atomic E-state index is 13.1. The third-order valence-electron chi connectivity index (χ3n) is 5.28. The predicted molar refractivity (Wildman–Crippen MR) is 118 cm³/mol. The average molecular weight is 450 g/mol. The van der Waals surface area contributed by atoms with E-state index >= 15 is 0 Å². The highest BCUT2D eigenvalue weighted by molar-refractivity contribution is 6.51. The summed E-state index contributed by atoms with van der Waals surface area (Å²) in [6.07, 6.45) is 1.42. The van der Waals surface area contributed by atoms with E-state index in [-0.39, 0.29) is 22.8 Å². The zero-order valence-electron chi connectivity index (χ0n) is 16.7. The summed E-state index contributed by atoms with van der Waals surface area (Å²) in [6, 6.07) is 14.1. The van der Waals surface area contributed by atoms with E-state index in [4.69, 9.17) is 20.8 Å². The Balaban J connectivity index is 1.74. The minimum Gasteiger partial charge on any atom is -0.507 e. The van der Waals surface area contributed by atoms with Gasteiger partial charge in [-0.25, -0.2) is 4.98 Å². The summed E-state index contributed by atoms with van der Waals surface area (Å²) in [4.78, 5) is 35.0. The van der Waals surface area contributed by atoms with Crippen molar-refractivity contribution in [2.75, 3.05) is 12.0 Å². The molecular formula is C23H16ClN3O5. The number of para-hydroxylation sites is 2. The number of halogens is 1. The number of aromatic amines is 1. The standard InChI is InChI=1S/C23H16ClN3O5/c1-31-16-9-8-12(24)11-13(16)20(28)18-19(17-7-4-10-32-17)27(22(30)21(18)29)23-25-14-5-2-3-6-15(14)26-23/h2-11,19,28H,1H3,(H,25,26)/b20-18+. The number of furan rings is 1. The van der Waals surface area contributed by atoms with E-state index in [2.05, 4.69) is 9.97 Å². The van der Waals surface area contributed by atoms with Gasteiger partial charge in [0.05, 0.1) is 35.5 Å². The van der Waals surface area contributed by atoms with Crippen LogP contribution in [0.2, 0.25) is 5.02 Å². The van der Waals surface area contributed by atoms with Gasteiger partial charge in [0.25, 0.3) is 5.78 Å². The van der Waals surface area contributed by atoms with Crippen LogP contribution in [-0.4, -0.2) is 33.9 Å². The summed E-state index contributed by atoms with van der Waals surface area (Å²) >= 11 is 6.11. The number of methoxy groups -OCH3 is 1. The van der Waals surface area contributed by atoms with E-state index in [1.807, 2.05) is 12.1 Å². The van der Waals surface area contributed by atoms with Gasteiger partial charge < -0.3 is 19.2 Å². The first-order valence-electron chi connectivity index (χ1n) is 9.62. The number of ketones is 1. The molecule has 160 valence electrons. The largest absolute Gasteiger partial charge is 0.507 e. The molecule has 3 heterocycles. The molecule has 1 aliphatic heterocycles. The van der Waals surface area contributed by atoms with Crippen molar-refractivity contribution in [3.63, 3.8) is 0 Å². The molecular weight excluding hydrogens is 434 g/mol. The van der Waals surface area contributed by atoms with Crippen LogP contribution in [0.25, 0.3) is 16.8 Å². The number of Topliss-reactive ketones (excluding diaryl/α,β-unsaturated/α-hetero) is 1. The Morgan fingerprint density at radius 2 is 2.00 bits per heavy atom. The number of amides is 1. The van der Waals surface area contributed by atoms with Gasteiger partial charge in [-0.3, -0.25) is 14.5 Å². The number of imidazole rings is 1. The number of H-pyrrole nitrogens is 1. The monoisotopic (exact) mass is 449 g/mol. The quantitative estimate of drug-likeness (QED) is 0.271. The SMILES string of the molecule is COc1ccc(Cl)cc1/C(O)=C1\C(=O)C(=O)N(c2nc3ccccc3[nH]2)C1c1ccco1. The second-order valence-corrected chi connectivity index (χ2v) is 7.54. The highest BCUT2D eigenvalue weighted by atomic mass is 35.5. The third kappa shape index (κ3) is 3.04. The van der Waals surface area contributed by atoms with Gasteiger partial charge in [0.2, 0.25) is 5.95 Å².